The Morgan fingerprint density at radius 3 is 2.81 bits per heavy atom. The molecule has 1 saturated carbocycles. The Hall–Kier alpha value is -3.27. The van der Waals surface area contributed by atoms with Gasteiger partial charge in [-0.15, -0.1) is 0 Å². The number of aromatic nitrogens is 2. The first-order valence-corrected chi connectivity index (χ1v) is 8.87. The monoisotopic (exact) mass is 366 g/mol. The second kappa shape index (κ2) is 7.96. The number of hydrogen-bond acceptors (Lipinski definition) is 5. The van der Waals surface area contributed by atoms with Gasteiger partial charge in [-0.1, -0.05) is 0 Å². The van der Waals surface area contributed by atoms with Crippen LogP contribution in [0.25, 0.3) is 6.08 Å². The molecule has 7 nitrogen and oxygen atoms in total. The van der Waals surface area contributed by atoms with Gasteiger partial charge in [-0.3, -0.25) is 9.59 Å². The van der Waals surface area contributed by atoms with E-state index < -0.39 is 0 Å². The molecule has 3 rings (SSSR count). The molecule has 1 fully saturated rings. The SMILES string of the molecule is CC(Nc1ccc(C#N)n(C)c1=O)c1ccc(/C=C/OCC2CC2)[nH]c1=O. The van der Waals surface area contributed by atoms with Gasteiger partial charge in [-0.25, -0.2) is 0 Å². The van der Waals surface area contributed by atoms with Crippen molar-refractivity contribution in [1.82, 2.24) is 9.55 Å². The van der Waals surface area contributed by atoms with E-state index in [2.05, 4.69) is 10.3 Å². The summed E-state index contributed by atoms with van der Waals surface area (Å²) < 4.78 is 6.70. The summed E-state index contributed by atoms with van der Waals surface area (Å²) in [5.41, 5.74) is 1.23. The zero-order valence-electron chi connectivity index (χ0n) is 15.4. The topological polar surface area (TPSA) is 99.9 Å². The van der Waals surface area contributed by atoms with Crippen molar-refractivity contribution < 1.29 is 4.74 Å². The van der Waals surface area contributed by atoms with Crippen LogP contribution in [-0.4, -0.2) is 16.2 Å². The molecule has 1 aliphatic rings. The number of H-pyrrole nitrogens is 1. The molecule has 0 bridgehead atoms. The number of ether oxygens (including phenoxy) is 1. The molecular weight excluding hydrogens is 344 g/mol. The van der Waals surface area contributed by atoms with Gasteiger partial charge in [0.15, 0.2) is 0 Å². The summed E-state index contributed by atoms with van der Waals surface area (Å²) in [6.07, 6.45) is 5.78. The maximum absolute atomic E-state index is 12.4. The molecule has 0 amide bonds. The molecular formula is C20H22N4O3. The minimum absolute atomic E-state index is 0.232. The smallest absolute Gasteiger partial charge is 0.274 e. The van der Waals surface area contributed by atoms with Crippen molar-refractivity contribution in [2.75, 3.05) is 11.9 Å². The lowest BCUT2D eigenvalue weighted by Crippen LogP contribution is -2.26. The van der Waals surface area contributed by atoms with Gasteiger partial charge in [0, 0.05) is 18.3 Å². The van der Waals surface area contributed by atoms with Crippen LogP contribution in [-0.2, 0) is 11.8 Å². The number of nitrogens with zero attached hydrogens (tertiary/aromatic N) is 2. The fourth-order valence-electron chi connectivity index (χ4n) is 2.70. The Morgan fingerprint density at radius 2 is 2.15 bits per heavy atom. The van der Waals surface area contributed by atoms with E-state index in [1.54, 1.807) is 43.5 Å². The van der Waals surface area contributed by atoms with Crippen LogP contribution in [0.1, 0.15) is 42.8 Å². The molecule has 140 valence electrons. The third-order valence-corrected chi connectivity index (χ3v) is 4.59. The standard InChI is InChI=1S/C20H22N4O3/c1-13(22-18-8-6-16(11-21)24(2)20(18)26)17-7-5-15(23-19(17)25)9-10-27-12-14-3-4-14/h5-10,13-14,22H,3-4,12H2,1-2H3,(H,23,25)/b10-9+. The summed E-state index contributed by atoms with van der Waals surface area (Å²) in [5.74, 6) is 0.679. The van der Waals surface area contributed by atoms with Crippen molar-refractivity contribution in [2.45, 2.75) is 25.8 Å². The largest absolute Gasteiger partial charge is 0.501 e. The van der Waals surface area contributed by atoms with E-state index in [0.29, 0.717) is 22.9 Å². The minimum Gasteiger partial charge on any atom is -0.501 e. The predicted octanol–water partition coefficient (Wildman–Crippen LogP) is 2.52. The molecule has 2 aromatic heterocycles. The third-order valence-electron chi connectivity index (χ3n) is 4.59. The van der Waals surface area contributed by atoms with Crippen molar-refractivity contribution in [3.05, 3.63) is 68.2 Å². The van der Waals surface area contributed by atoms with Crippen LogP contribution in [0.15, 0.2) is 40.1 Å². The van der Waals surface area contributed by atoms with Crippen molar-refractivity contribution in [3.63, 3.8) is 0 Å². The van der Waals surface area contributed by atoms with E-state index in [-0.39, 0.29) is 22.9 Å². The number of aromatic amines is 1. The van der Waals surface area contributed by atoms with Crippen LogP contribution in [0.4, 0.5) is 5.69 Å². The molecule has 0 spiro atoms. The molecule has 1 aliphatic carbocycles. The normalized spacial score (nSPS) is 14.7. The van der Waals surface area contributed by atoms with E-state index in [9.17, 15) is 9.59 Å². The Balaban J connectivity index is 1.70. The van der Waals surface area contributed by atoms with Gasteiger partial charge in [0.25, 0.3) is 11.1 Å². The van der Waals surface area contributed by atoms with Gasteiger partial charge in [0.2, 0.25) is 0 Å². The summed E-state index contributed by atoms with van der Waals surface area (Å²) in [6.45, 7) is 2.52. The lowest BCUT2D eigenvalue weighted by atomic mass is 10.1. The van der Waals surface area contributed by atoms with Gasteiger partial charge < -0.3 is 19.6 Å². The first-order chi connectivity index (χ1) is 13.0. The number of nitrogens with one attached hydrogen (secondary N) is 2. The summed E-state index contributed by atoms with van der Waals surface area (Å²) in [4.78, 5) is 27.5. The maximum Gasteiger partial charge on any atom is 0.274 e. The third kappa shape index (κ3) is 4.47. The summed E-state index contributed by atoms with van der Waals surface area (Å²) in [6, 6.07) is 8.22. The molecule has 2 heterocycles. The van der Waals surface area contributed by atoms with Crippen LogP contribution in [0.2, 0.25) is 0 Å². The van der Waals surface area contributed by atoms with E-state index >= 15 is 0 Å². The van der Waals surface area contributed by atoms with Crippen LogP contribution >= 0.6 is 0 Å². The number of rotatable bonds is 7. The van der Waals surface area contributed by atoms with Crippen LogP contribution in [0, 0.1) is 17.2 Å². The summed E-state index contributed by atoms with van der Waals surface area (Å²) in [5, 5.41) is 12.0. The zero-order chi connectivity index (χ0) is 19.4. The molecule has 0 saturated heterocycles. The molecule has 1 unspecified atom stereocenters. The molecule has 2 aromatic rings. The van der Waals surface area contributed by atoms with Crippen molar-refractivity contribution >= 4 is 11.8 Å². The van der Waals surface area contributed by atoms with Crippen LogP contribution < -0.4 is 16.4 Å². The molecule has 2 N–H and O–H groups in total. The zero-order valence-corrected chi connectivity index (χ0v) is 15.4. The molecule has 0 aliphatic heterocycles. The Morgan fingerprint density at radius 1 is 1.37 bits per heavy atom. The average Bonchev–Trinajstić information content (AvgIpc) is 3.47. The first kappa shape index (κ1) is 18.5. The molecule has 0 aromatic carbocycles. The fourth-order valence-corrected chi connectivity index (χ4v) is 2.70. The Bertz CT molecular complexity index is 1010. The number of anilines is 1. The Labute approximate surface area is 156 Å². The van der Waals surface area contributed by atoms with Gasteiger partial charge in [-0.2, -0.15) is 5.26 Å². The second-order valence-corrected chi connectivity index (χ2v) is 6.75. The number of pyridine rings is 2. The molecule has 7 heteroatoms. The molecule has 27 heavy (non-hydrogen) atoms. The number of hydrogen-bond donors (Lipinski definition) is 2. The van der Waals surface area contributed by atoms with E-state index in [0.717, 1.165) is 6.61 Å². The Kier molecular flexibility index (Phi) is 5.46. The van der Waals surface area contributed by atoms with Crippen molar-refractivity contribution in [2.24, 2.45) is 13.0 Å². The highest BCUT2D eigenvalue weighted by atomic mass is 16.5. The van der Waals surface area contributed by atoms with Crippen molar-refractivity contribution in [3.8, 4) is 6.07 Å². The van der Waals surface area contributed by atoms with Gasteiger partial charge in [0.05, 0.1) is 18.9 Å². The van der Waals surface area contributed by atoms with E-state index in [1.807, 2.05) is 6.07 Å². The highest BCUT2D eigenvalue weighted by molar-refractivity contribution is 5.47. The maximum atomic E-state index is 12.4. The molecule has 0 radical (unpaired) electrons. The van der Waals surface area contributed by atoms with Gasteiger partial charge in [-0.05, 0) is 56.0 Å². The van der Waals surface area contributed by atoms with E-state index in [1.165, 1.54) is 24.5 Å². The van der Waals surface area contributed by atoms with E-state index in [4.69, 9.17) is 10.00 Å². The van der Waals surface area contributed by atoms with Crippen LogP contribution in [0.3, 0.4) is 0 Å². The first-order valence-electron chi connectivity index (χ1n) is 8.87. The average molecular weight is 366 g/mol. The quantitative estimate of drug-likeness (QED) is 0.734. The van der Waals surface area contributed by atoms with Crippen molar-refractivity contribution in [1.29, 1.82) is 5.26 Å². The summed E-state index contributed by atoms with van der Waals surface area (Å²) in [7, 11) is 1.54. The lowest BCUT2D eigenvalue weighted by molar-refractivity contribution is 0.237. The fraction of sp³-hybridized carbons (Fsp3) is 0.350. The lowest BCUT2D eigenvalue weighted by Gasteiger charge is -2.15. The van der Waals surface area contributed by atoms with Gasteiger partial charge in [0.1, 0.15) is 17.5 Å². The highest BCUT2D eigenvalue weighted by Gasteiger charge is 2.21. The van der Waals surface area contributed by atoms with Crippen LogP contribution in [0.5, 0.6) is 0 Å². The molecule has 1 atom stereocenters. The summed E-state index contributed by atoms with van der Waals surface area (Å²) >= 11 is 0. The highest BCUT2D eigenvalue weighted by Crippen LogP contribution is 2.28. The minimum atomic E-state index is -0.376. The second-order valence-electron chi connectivity index (χ2n) is 6.75. The predicted molar refractivity (Wildman–Crippen MR) is 103 cm³/mol. The number of nitriles is 1. The van der Waals surface area contributed by atoms with Gasteiger partial charge >= 0.3 is 0 Å².